The van der Waals surface area contributed by atoms with E-state index in [2.05, 4.69) is 27.7 Å². The molecule has 152 valence electrons. The van der Waals surface area contributed by atoms with E-state index in [0.717, 1.165) is 12.8 Å². The Bertz CT molecular complexity index is 261. The molecule has 2 atom stereocenters. The zero-order valence-corrected chi connectivity index (χ0v) is 18.8. The lowest BCUT2D eigenvalue weighted by Gasteiger charge is -2.30. The van der Waals surface area contributed by atoms with Crippen LogP contribution in [0.2, 0.25) is 0 Å². The van der Waals surface area contributed by atoms with Gasteiger partial charge in [0.2, 0.25) is 0 Å². The summed E-state index contributed by atoms with van der Waals surface area (Å²) >= 11 is 0. The summed E-state index contributed by atoms with van der Waals surface area (Å²) < 4.78 is 24.3. The molecule has 25 heavy (non-hydrogen) atoms. The van der Waals surface area contributed by atoms with Crippen LogP contribution in [0.4, 0.5) is 0 Å². The fraction of sp³-hybridized carbons (Fsp3) is 1.00. The maximum absolute atomic E-state index is 6.23. The standard InChI is InChI=1S/C20H44O4Si/c1-7-13-15-19(9-3)17-23-25(21-11-5,22-12-6)24-18-20(10-4)16-14-8-2/h19-20H,7-18H2,1-6H3. The average Bonchev–Trinajstić information content (AvgIpc) is 2.62. The van der Waals surface area contributed by atoms with Gasteiger partial charge < -0.3 is 17.7 Å². The van der Waals surface area contributed by atoms with Crippen molar-refractivity contribution in [3.05, 3.63) is 0 Å². The number of hydrogen-bond donors (Lipinski definition) is 0. The van der Waals surface area contributed by atoms with Gasteiger partial charge in [-0.15, -0.1) is 0 Å². The minimum Gasteiger partial charge on any atom is -0.351 e. The van der Waals surface area contributed by atoms with Crippen molar-refractivity contribution in [2.75, 3.05) is 26.4 Å². The molecule has 0 aromatic carbocycles. The molecule has 0 aliphatic rings. The van der Waals surface area contributed by atoms with Crippen LogP contribution < -0.4 is 0 Å². The highest BCUT2D eigenvalue weighted by Gasteiger charge is 2.46. The average molecular weight is 377 g/mol. The lowest BCUT2D eigenvalue weighted by molar-refractivity contribution is -0.0446. The fourth-order valence-corrected chi connectivity index (χ4v) is 4.93. The summed E-state index contributed by atoms with van der Waals surface area (Å²) in [5, 5.41) is 0. The molecule has 5 heteroatoms. The van der Waals surface area contributed by atoms with Gasteiger partial charge in [-0.2, -0.15) is 0 Å². The topological polar surface area (TPSA) is 36.9 Å². The van der Waals surface area contributed by atoms with Crippen LogP contribution in [0, 0.1) is 11.8 Å². The molecule has 0 N–H and O–H groups in total. The Balaban J connectivity index is 4.78. The first-order valence-electron chi connectivity index (χ1n) is 10.7. The van der Waals surface area contributed by atoms with Crippen LogP contribution in [0.3, 0.4) is 0 Å². The molecule has 0 aliphatic heterocycles. The van der Waals surface area contributed by atoms with Crippen LogP contribution in [0.5, 0.6) is 0 Å². The van der Waals surface area contributed by atoms with Gasteiger partial charge in [0.15, 0.2) is 0 Å². The Morgan fingerprint density at radius 1 is 0.600 bits per heavy atom. The van der Waals surface area contributed by atoms with E-state index in [4.69, 9.17) is 17.7 Å². The Labute approximate surface area is 158 Å². The van der Waals surface area contributed by atoms with E-state index in [1.807, 2.05) is 13.8 Å². The monoisotopic (exact) mass is 376 g/mol. The van der Waals surface area contributed by atoms with Crippen LogP contribution in [-0.4, -0.2) is 35.5 Å². The second kappa shape index (κ2) is 16.2. The number of rotatable bonds is 18. The van der Waals surface area contributed by atoms with Gasteiger partial charge in [-0.25, -0.2) is 0 Å². The lowest BCUT2D eigenvalue weighted by Crippen LogP contribution is -2.51. The van der Waals surface area contributed by atoms with E-state index >= 15 is 0 Å². The molecular weight excluding hydrogens is 332 g/mol. The predicted octanol–water partition coefficient (Wildman–Crippen LogP) is 5.96. The summed E-state index contributed by atoms with van der Waals surface area (Å²) in [6.07, 6.45) is 9.58. The Kier molecular flexibility index (Phi) is 16.3. The van der Waals surface area contributed by atoms with Gasteiger partial charge >= 0.3 is 9.05 Å². The zero-order valence-electron chi connectivity index (χ0n) is 17.8. The normalized spacial score (nSPS) is 14.6. The highest BCUT2D eigenvalue weighted by Crippen LogP contribution is 2.21. The highest BCUT2D eigenvalue weighted by molar-refractivity contribution is 6.53. The summed E-state index contributed by atoms with van der Waals surface area (Å²) in [5.74, 6) is 1.11. The quantitative estimate of drug-likeness (QED) is 0.276. The van der Waals surface area contributed by atoms with E-state index in [1.54, 1.807) is 0 Å². The third-order valence-corrected chi connectivity index (χ3v) is 7.05. The fourth-order valence-electron chi connectivity index (χ4n) is 2.84. The van der Waals surface area contributed by atoms with Crippen LogP contribution in [-0.2, 0) is 17.7 Å². The maximum Gasteiger partial charge on any atom is 0.679 e. The molecule has 0 fully saturated rings. The Morgan fingerprint density at radius 2 is 1.00 bits per heavy atom. The molecule has 0 spiro atoms. The molecular formula is C20H44O4Si. The van der Waals surface area contributed by atoms with Crippen LogP contribution in [0.15, 0.2) is 0 Å². The SMILES string of the molecule is CCCCC(CC)CO[Si](OCC)(OCC)OCC(CC)CCCC. The van der Waals surface area contributed by atoms with Gasteiger partial charge in [-0.1, -0.05) is 66.2 Å². The van der Waals surface area contributed by atoms with Gasteiger partial charge in [-0.05, 0) is 38.5 Å². The summed E-state index contributed by atoms with van der Waals surface area (Å²) in [4.78, 5) is 0. The zero-order chi connectivity index (χ0) is 19.0. The third-order valence-electron chi connectivity index (χ3n) is 4.72. The molecule has 0 saturated carbocycles. The van der Waals surface area contributed by atoms with Crippen molar-refractivity contribution in [1.82, 2.24) is 0 Å². The van der Waals surface area contributed by atoms with E-state index in [1.165, 1.54) is 38.5 Å². The first kappa shape index (κ1) is 25.1. The summed E-state index contributed by atoms with van der Waals surface area (Å²) in [6, 6.07) is 0. The van der Waals surface area contributed by atoms with Crippen LogP contribution in [0.1, 0.15) is 92.9 Å². The van der Waals surface area contributed by atoms with Crippen molar-refractivity contribution in [2.45, 2.75) is 92.9 Å². The van der Waals surface area contributed by atoms with Gasteiger partial charge in [-0.3, -0.25) is 0 Å². The summed E-state index contributed by atoms with van der Waals surface area (Å²) in [5.41, 5.74) is 0. The Morgan fingerprint density at radius 3 is 1.28 bits per heavy atom. The van der Waals surface area contributed by atoms with Crippen LogP contribution >= 0.6 is 0 Å². The molecule has 0 bridgehead atoms. The van der Waals surface area contributed by atoms with Gasteiger partial charge in [0.05, 0.1) is 0 Å². The Hall–Kier alpha value is 0.0569. The van der Waals surface area contributed by atoms with E-state index in [0.29, 0.717) is 38.3 Å². The van der Waals surface area contributed by atoms with E-state index < -0.39 is 9.05 Å². The first-order chi connectivity index (χ1) is 12.1. The van der Waals surface area contributed by atoms with Gasteiger partial charge in [0, 0.05) is 26.4 Å². The minimum absolute atomic E-state index is 0.554. The molecule has 0 rings (SSSR count). The third kappa shape index (κ3) is 11.4. The van der Waals surface area contributed by atoms with Crippen molar-refractivity contribution >= 4 is 9.05 Å². The summed E-state index contributed by atoms with van der Waals surface area (Å²) in [7, 11) is -3.03. The molecule has 0 amide bonds. The molecule has 0 saturated heterocycles. The molecule has 0 aromatic heterocycles. The minimum atomic E-state index is -3.03. The number of unbranched alkanes of at least 4 members (excludes halogenated alkanes) is 2. The number of hydrogen-bond acceptors (Lipinski definition) is 4. The van der Waals surface area contributed by atoms with Crippen molar-refractivity contribution in [3.8, 4) is 0 Å². The van der Waals surface area contributed by atoms with E-state index in [-0.39, 0.29) is 0 Å². The van der Waals surface area contributed by atoms with Crippen molar-refractivity contribution in [3.63, 3.8) is 0 Å². The van der Waals surface area contributed by atoms with Crippen molar-refractivity contribution in [1.29, 1.82) is 0 Å². The molecule has 4 nitrogen and oxygen atoms in total. The molecule has 0 radical (unpaired) electrons. The molecule has 0 aromatic rings. The second-order valence-electron chi connectivity index (χ2n) is 6.82. The molecule has 2 unspecified atom stereocenters. The van der Waals surface area contributed by atoms with Crippen LogP contribution in [0.25, 0.3) is 0 Å². The lowest BCUT2D eigenvalue weighted by atomic mass is 10.0. The first-order valence-corrected chi connectivity index (χ1v) is 12.3. The van der Waals surface area contributed by atoms with Crippen molar-refractivity contribution in [2.24, 2.45) is 11.8 Å². The maximum atomic E-state index is 6.23. The molecule has 0 aliphatic carbocycles. The highest BCUT2D eigenvalue weighted by atomic mass is 28.4. The van der Waals surface area contributed by atoms with Crippen molar-refractivity contribution < 1.29 is 17.7 Å². The molecule has 0 heterocycles. The second-order valence-corrected chi connectivity index (χ2v) is 8.98. The summed E-state index contributed by atoms with van der Waals surface area (Å²) in [6.45, 7) is 15.4. The van der Waals surface area contributed by atoms with Gasteiger partial charge in [0.1, 0.15) is 0 Å². The van der Waals surface area contributed by atoms with E-state index in [9.17, 15) is 0 Å². The van der Waals surface area contributed by atoms with Gasteiger partial charge in [0.25, 0.3) is 0 Å². The predicted molar refractivity (Wildman–Crippen MR) is 108 cm³/mol. The largest absolute Gasteiger partial charge is 0.679 e. The smallest absolute Gasteiger partial charge is 0.351 e.